The van der Waals surface area contributed by atoms with Crippen LogP contribution in [0.2, 0.25) is 0 Å². The molecule has 0 aliphatic heterocycles. The van der Waals surface area contributed by atoms with E-state index in [-0.39, 0.29) is 0 Å². The van der Waals surface area contributed by atoms with Crippen LogP contribution in [-0.4, -0.2) is 17.0 Å². The van der Waals surface area contributed by atoms with Gasteiger partial charge in [-0.2, -0.15) is 0 Å². The van der Waals surface area contributed by atoms with E-state index in [9.17, 15) is 9.90 Å². The molecule has 74 valence electrons. The van der Waals surface area contributed by atoms with Crippen LogP contribution < -0.4 is 0 Å². The molecular weight excluding hydrogens is 176 g/mol. The van der Waals surface area contributed by atoms with E-state index in [2.05, 4.69) is 13.0 Å². The number of aliphatic hydroxyl groups is 1. The summed E-state index contributed by atoms with van der Waals surface area (Å²) in [7, 11) is 0. The Hall–Kier alpha value is -1.15. The Morgan fingerprint density at radius 2 is 2.21 bits per heavy atom. The minimum Gasteiger partial charge on any atom is -0.382 e. The zero-order chi connectivity index (χ0) is 10.2. The number of carbonyl (C=O) groups excluding carboxylic acids is 1. The van der Waals surface area contributed by atoms with E-state index in [0.717, 1.165) is 12.0 Å². The topological polar surface area (TPSA) is 37.3 Å². The van der Waals surface area contributed by atoms with Gasteiger partial charge in [0, 0.05) is 6.42 Å². The van der Waals surface area contributed by atoms with Gasteiger partial charge in [-0.15, -0.1) is 0 Å². The van der Waals surface area contributed by atoms with Crippen molar-refractivity contribution >= 4 is 6.29 Å². The Balaban J connectivity index is 2.36. The number of benzene rings is 1. The summed E-state index contributed by atoms with van der Waals surface area (Å²) in [5.41, 5.74) is 2.50. The molecule has 2 heteroatoms. The van der Waals surface area contributed by atoms with Gasteiger partial charge in [-0.1, -0.05) is 23.8 Å². The lowest BCUT2D eigenvalue weighted by molar-refractivity contribution is -0.125. The minimum absolute atomic E-state index is 0.464. The Labute approximate surface area is 83.6 Å². The zero-order valence-electron chi connectivity index (χ0n) is 8.29. The van der Waals surface area contributed by atoms with Gasteiger partial charge in [-0.25, -0.2) is 0 Å². The van der Waals surface area contributed by atoms with E-state index in [0.29, 0.717) is 19.1 Å². The molecule has 0 amide bonds. The number of aldehydes is 1. The maximum absolute atomic E-state index is 10.7. The molecule has 0 bridgehead atoms. The van der Waals surface area contributed by atoms with Crippen molar-refractivity contribution in [2.24, 2.45) is 0 Å². The highest BCUT2D eigenvalue weighted by Crippen LogP contribution is 2.27. The van der Waals surface area contributed by atoms with E-state index in [1.54, 1.807) is 0 Å². The highest BCUT2D eigenvalue weighted by molar-refractivity contribution is 5.64. The maximum atomic E-state index is 10.7. The van der Waals surface area contributed by atoms with Gasteiger partial charge in [0.2, 0.25) is 0 Å². The third-order valence-electron chi connectivity index (χ3n) is 2.90. The first kappa shape index (κ1) is 9.41. The zero-order valence-corrected chi connectivity index (χ0v) is 8.29. The van der Waals surface area contributed by atoms with Gasteiger partial charge in [0.15, 0.2) is 6.29 Å². The van der Waals surface area contributed by atoms with Crippen molar-refractivity contribution in [3.63, 3.8) is 0 Å². The third-order valence-corrected chi connectivity index (χ3v) is 2.90. The molecule has 14 heavy (non-hydrogen) atoms. The summed E-state index contributed by atoms with van der Waals surface area (Å²) in [5.74, 6) is 0. The molecule has 0 saturated carbocycles. The molecular formula is C12H14O2. The van der Waals surface area contributed by atoms with E-state index >= 15 is 0 Å². The van der Waals surface area contributed by atoms with Crippen molar-refractivity contribution in [2.75, 3.05) is 0 Å². The molecule has 0 fully saturated rings. The molecule has 1 atom stereocenters. The Morgan fingerprint density at radius 1 is 1.43 bits per heavy atom. The smallest absolute Gasteiger partial charge is 0.151 e. The second-order valence-electron chi connectivity index (χ2n) is 4.17. The molecule has 1 N–H and O–H groups in total. The lowest BCUT2D eigenvalue weighted by atomic mass is 9.81. The Kier molecular flexibility index (Phi) is 2.16. The normalized spacial score (nSPS) is 25.6. The quantitative estimate of drug-likeness (QED) is 0.680. The minimum atomic E-state index is -1.12. The van der Waals surface area contributed by atoms with Gasteiger partial charge in [-0.3, -0.25) is 0 Å². The van der Waals surface area contributed by atoms with E-state index in [1.165, 1.54) is 11.1 Å². The summed E-state index contributed by atoms with van der Waals surface area (Å²) >= 11 is 0. The van der Waals surface area contributed by atoms with Gasteiger partial charge in [0.1, 0.15) is 5.60 Å². The van der Waals surface area contributed by atoms with Crippen LogP contribution in [0.1, 0.15) is 23.1 Å². The first-order valence-electron chi connectivity index (χ1n) is 4.90. The van der Waals surface area contributed by atoms with Crippen molar-refractivity contribution in [2.45, 2.75) is 31.8 Å². The molecule has 1 unspecified atom stereocenters. The largest absolute Gasteiger partial charge is 0.382 e. The standard InChI is InChI=1S/C12H14O2/c1-9-2-3-11-7-12(14,8-13)5-4-10(11)6-9/h2-3,6,8,14H,4-5,7H2,1H3. The van der Waals surface area contributed by atoms with Crippen molar-refractivity contribution in [1.29, 1.82) is 0 Å². The van der Waals surface area contributed by atoms with Gasteiger partial charge in [0.05, 0.1) is 0 Å². The monoisotopic (exact) mass is 190 g/mol. The summed E-state index contributed by atoms with van der Waals surface area (Å²) in [6.45, 7) is 2.06. The van der Waals surface area contributed by atoms with Gasteiger partial charge >= 0.3 is 0 Å². The summed E-state index contributed by atoms with van der Waals surface area (Å²) in [6, 6.07) is 6.17. The van der Waals surface area contributed by atoms with Gasteiger partial charge < -0.3 is 9.90 Å². The fraction of sp³-hybridized carbons (Fsp3) is 0.417. The second kappa shape index (κ2) is 3.21. The molecule has 0 heterocycles. The highest BCUT2D eigenvalue weighted by atomic mass is 16.3. The van der Waals surface area contributed by atoms with Crippen LogP contribution in [0.3, 0.4) is 0 Å². The van der Waals surface area contributed by atoms with Crippen LogP contribution in [0.4, 0.5) is 0 Å². The maximum Gasteiger partial charge on any atom is 0.151 e. The van der Waals surface area contributed by atoms with Crippen molar-refractivity contribution in [3.8, 4) is 0 Å². The van der Waals surface area contributed by atoms with Gasteiger partial charge in [-0.05, 0) is 30.9 Å². The van der Waals surface area contributed by atoms with Gasteiger partial charge in [0.25, 0.3) is 0 Å². The lowest BCUT2D eigenvalue weighted by Gasteiger charge is -2.28. The molecule has 1 aromatic carbocycles. The van der Waals surface area contributed by atoms with Crippen LogP contribution in [0, 0.1) is 6.92 Å². The van der Waals surface area contributed by atoms with Crippen LogP contribution in [0.5, 0.6) is 0 Å². The molecule has 0 saturated heterocycles. The van der Waals surface area contributed by atoms with Crippen LogP contribution in [0.25, 0.3) is 0 Å². The average molecular weight is 190 g/mol. The third kappa shape index (κ3) is 1.58. The Bertz CT molecular complexity index is 371. The first-order valence-corrected chi connectivity index (χ1v) is 4.90. The number of hydrogen-bond donors (Lipinski definition) is 1. The Morgan fingerprint density at radius 3 is 2.93 bits per heavy atom. The van der Waals surface area contributed by atoms with Crippen LogP contribution in [0.15, 0.2) is 18.2 Å². The average Bonchev–Trinajstić information content (AvgIpc) is 2.19. The summed E-state index contributed by atoms with van der Waals surface area (Å²) in [5, 5.41) is 9.83. The predicted octanol–water partition coefficient (Wildman–Crippen LogP) is 1.41. The van der Waals surface area contributed by atoms with E-state index in [1.807, 2.05) is 12.1 Å². The molecule has 1 aliphatic carbocycles. The molecule has 0 radical (unpaired) electrons. The number of fused-ring (bicyclic) bond motifs is 1. The molecule has 1 aliphatic rings. The highest BCUT2D eigenvalue weighted by Gasteiger charge is 2.31. The van der Waals surface area contributed by atoms with Crippen molar-refractivity contribution < 1.29 is 9.90 Å². The second-order valence-corrected chi connectivity index (χ2v) is 4.17. The fourth-order valence-corrected chi connectivity index (χ4v) is 2.03. The van der Waals surface area contributed by atoms with E-state index < -0.39 is 5.60 Å². The molecule has 2 rings (SSSR count). The predicted molar refractivity (Wildman–Crippen MR) is 54.2 cm³/mol. The number of aryl methyl sites for hydroxylation is 2. The number of carbonyl (C=O) groups is 1. The van der Waals surface area contributed by atoms with E-state index in [4.69, 9.17) is 0 Å². The van der Waals surface area contributed by atoms with Crippen LogP contribution in [-0.2, 0) is 17.6 Å². The SMILES string of the molecule is Cc1ccc2c(c1)CCC(O)(C=O)C2. The fourth-order valence-electron chi connectivity index (χ4n) is 2.03. The number of rotatable bonds is 1. The molecule has 0 aromatic heterocycles. The summed E-state index contributed by atoms with van der Waals surface area (Å²) < 4.78 is 0. The van der Waals surface area contributed by atoms with Crippen LogP contribution >= 0.6 is 0 Å². The molecule has 1 aromatic rings. The molecule has 2 nitrogen and oxygen atoms in total. The summed E-state index contributed by atoms with van der Waals surface area (Å²) in [4.78, 5) is 10.7. The molecule has 0 spiro atoms. The number of hydrogen-bond acceptors (Lipinski definition) is 2. The van der Waals surface area contributed by atoms with Crippen molar-refractivity contribution in [3.05, 3.63) is 34.9 Å². The summed E-state index contributed by atoms with van der Waals surface area (Å²) in [6.07, 6.45) is 2.49. The lowest BCUT2D eigenvalue weighted by Crippen LogP contribution is -2.37. The van der Waals surface area contributed by atoms with Crippen molar-refractivity contribution in [1.82, 2.24) is 0 Å². The first-order chi connectivity index (χ1) is 6.63.